The Hall–Kier alpha value is -2.91. The van der Waals surface area contributed by atoms with E-state index in [0.717, 1.165) is 17.4 Å². The predicted octanol–water partition coefficient (Wildman–Crippen LogP) is 4.21. The molecule has 0 atom stereocenters. The van der Waals surface area contributed by atoms with Crippen molar-refractivity contribution in [3.8, 4) is 11.4 Å². The number of carbonyl (C=O) groups is 1. The van der Waals surface area contributed by atoms with E-state index in [2.05, 4.69) is 10.1 Å². The van der Waals surface area contributed by atoms with E-state index in [1.165, 1.54) is 9.21 Å². The second-order valence-corrected chi connectivity index (χ2v) is 10.2. The lowest BCUT2D eigenvalue weighted by molar-refractivity contribution is -0.130. The molecule has 0 saturated heterocycles. The zero-order chi connectivity index (χ0) is 24.2. The van der Waals surface area contributed by atoms with Crippen molar-refractivity contribution in [1.82, 2.24) is 15.0 Å². The summed E-state index contributed by atoms with van der Waals surface area (Å²) in [6.07, 6.45) is 1.66. The second kappa shape index (κ2) is 10.4. The maximum absolute atomic E-state index is 12.6. The van der Waals surface area contributed by atoms with Crippen LogP contribution in [0.3, 0.4) is 0 Å². The van der Waals surface area contributed by atoms with Gasteiger partial charge in [0.15, 0.2) is 0 Å². The molecule has 0 aliphatic rings. The summed E-state index contributed by atoms with van der Waals surface area (Å²) in [4.78, 5) is 18.5. The van der Waals surface area contributed by atoms with E-state index in [9.17, 15) is 13.2 Å². The molecule has 0 saturated carbocycles. The fourth-order valence-electron chi connectivity index (χ4n) is 3.44. The Labute approximate surface area is 199 Å². The number of benzene rings is 2. The summed E-state index contributed by atoms with van der Waals surface area (Å²) >= 11 is 6.16. The third kappa shape index (κ3) is 6.11. The number of hydrogen-bond acceptors (Lipinski definition) is 6. The number of anilines is 1. The largest absolute Gasteiger partial charge is 0.337 e. The lowest BCUT2D eigenvalue weighted by Gasteiger charge is -2.25. The van der Waals surface area contributed by atoms with Crippen LogP contribution in [0, 0.1) is 13.8 Å². The molecule has 0 bridgehead atoms. The van der Waals surface area contributed by atoms with Gasteiger partial charge in [-0.25, -0.2) is 8.42 Å². The summed E-state index contributed by atoms with van der Waals surface area (Å²) < 4.78 is 31.3. The van der Waals surface area contributed by atoms with Crippen molar-refractivity contribution in [2.45, 2.75) is 33.2 Å². The van der Waals surface area contributed by atoms with E-state index >= 15 is 0 Å². The van der Waals surface area contributed by atoms with Crippen LogP contribution in [0.1, 0.15) is 29.9 Å². The van der Waals surface area contributed by atoms with Crippen molar-refractivity contribution in [1.29, 1.82) is 0 Å². The van der Waals surface area contributed by atoms with Gasteiger partial charge in [0.05, 0.1) is 18.5 Å². The molecular formula is C23H27ClN4O4S. The molecular weight excluding hydrogens is 464 g/mol. The first-order valence-corrected chi connectivity index (χ1v) is 12.7. The lowest BCUT2D eigenvalue weighted by Crippen LogP contribution is -2.33. The number of aryl methyl sites for hydroxylation is 1. The maximum Gasteiger partial charge on any atom is 0.246 e. The van der Waals surface area contributed by atoms with Crippen molar-refractivity contribution < 1.29 is 17.7 Å². The summed E-state index contributed by atoms with van der Waals surface area (Å²) in [5.74, 6) is 0.656. The van der Waals surface area contributed by atoms with Gasteiger partial charge in [-0.3, -0.25) is 9.10 Å². The van der Waals surface area contributed by atoms with Crippen LogP contribution in [0.25, 0.3) is 11.4 Å². The normalized spacial score (nSPS) is 11.4. The molecule has 10 heteroatoms. The smallest absolute Gasteiger partial charge is 0.246 e. The highest BCUT2D eigenvalue weighted by Gasteiger charge is 2.21. The van der Waals surface area contributed by atoms with E-state index < -0.39 is 10.0 Å². The Balaban J connectivity index is 1.60. The average Bonchev–Trinajstić information content (AvgIpc) is 3.21. The van der Waals surface area contributed by atoms with E-state index in [1.807, 2.05) is 31.2 Å². The van der Waals surface area contributed by atoms with Gasteiger partial charge in [0.1, 0.15) is 0 Å². The zero-order valence-electron chi connectivity index (χ0n) is 19.1. The van der Waals surface area contributed by atoms with Crippen molar-refractivity contribution in [2.24, 2.45) is 0 Å². The molecule has 2 aromatic carbocycles. The standard InChI is InChI=1S/C23H27ClN4O4S/c1-16-9-5-6-10-18(16)23-25-21(32-26-23)15-27(3)22(29)13-8-14-28(33(4,30)31)20-12-7-11-19(24)17(20)2/h5-7,9-12H,8,13-15H2,1-4H3. The fraction of sp³-hybridized carbons (Fsp3) is 0.348. The third-order valence-electron chi connectivity index (χ3n) is 5.31. The van der Waals surface area contributed by atoms with Crippen LogP contribution in [0.2, 0.25) is 5.02 Å². The maximum atomic E-state index is 12.6. The molecule has 0 N–H and O–H groups in total. The molecule has 8 nitrogen and oxygen atoms in total. The molecule has 1 aromatic heterocycles. The lowest BCUT2D eigenvalue weighted by atomic mass is 10.1. The number of hydrogen-bond donors (Lipinski definition) is 0. The quantitative estimate of drug-likeness (QED) is 0.445. The molecule has 0 radical (unpaired) electrons. The van der Waals surface area contributed by atoms with Crippen LogP contribution in [-0.4, -0.2) is 49.2 Å². The number of amides is 1. The Kier molecular flexibility index (Phi) is 7.76. The fourth-order valence-corrected chi connectivity index (χ4v) is 4.62. The van der Waals surface area contributed by atoms with Crippen LogP contribution in [0.15, 0.2) is 47.0 Å². The molecule has 0 aliphatic heterocycles. The molecule has 0 spiro atoms. The minimum atomic E-state index is -3.53. The van der Waals surface area contributed by atoms with Gasteiger partial charge in [-0.2, -0.15) is 4.98 Å². The number of nitrogens with zero attached hydrogens (tertiary/aromatic N) is 4. The second-order valence-electron chi connectivity index (χ2n) is 7.90. The van der Waals surface area contributed by atoms with Gasteiger partial charge >= 0.3 is 0 Å². The Morgan fingerprint density at radius 2 is 1.85 bits per heavy atom. The number of halogens is 1. The van der Waals surface area contributed by atoms with Gasteiger partial charge in [-0.05, 0) is 43.5 Å². The highest BCUT2D eigenvalue weighted by Crippen LogP contribution is 2.28. The summed E-state index contributed by atoms with van der Waals surface area (Å²) in [6.45, 7) is 4.06. The number of carbonyl (C=O) groups excluding carboxylic acids is 1. The minimum Gasteiger partial charge on any atom is -0.337 e. The average molecular weight is 491 g/mol. The number of rotatable bonds is 9. The molecule has 176 valence electrons. The highest BCUT2D eigenvalue weighted by atomic mass is 35.5. The van der Waals surface area contributed by atoms with Gasteiger partial charge in [0.2, 0.25) is 27.6 Å². The molecule has 3 rings (SSSR count). The highest BCUT2D eigenvalue weighted by molar-refractivity contribution is 7.92. The third-order valence-corrected chi connectivity index (χ3v) is 6.90. The molecule has 0 aliphatic carbocycles. The van der Waals surface area contributed by atoms with E-state index in [4.69, 9.17) is 16.1 Å². The predicted molar refractivity (Wildman–Crippen MR) is 129 cm³/mol. The first kappa shape index (κ1) is 24.7. The van der Waals surface area contributed by atoms with Crippen LogP contribution in [0.4, 0.5) is 5.69 Å². The van der Waals surface area contributed by atoms with Gasteiger partial charge in [-0.15, -0.1) is 0 Å². The van der Waals surface area contributed by atoms with Gasteiger partial charge in [0, 0.05) is 30.6 Å². The van der Waals surface area contributed by atoms with Crippen LogP contribution >= 0.6 is 11.6 Å². The SMILES string of the molecule is Cc1ccccc1-c1noc(CN(C)C(=O)CCCN(c2cccc(Cl)c2C)S(C)(=O)=O)n1. The number of sulfonamides is 1. The Morgan fingerprint density at radius 3 is 2.55 bits per heavy atom. The molecule has 1 heterocycles. The molecule has 1 amide bonds. The van der Waals surface area contributed by atoms with Crippen molar-refractivity contribution in [3.63, 3.8) is 0 Å². The molecule has 0 fully saturated rings. The zero-order valence-corrected chi connectivity index (χ0v) is 20.7. The molecule has 3 aromatic rings. The van der Waals surface area contributed by atoms with E-state index in [-0.39, 0.29) is 25.4 Å². The van der Waals surface area contributed by atoms with Gasteiger partial charge in [0.25, 0.3) is 0 Å². The van der Waals surface area contributed by atoms with Crippen molar-refractivity contribution in [2.75, 3.05) is 24.2 Å². The van der Waals surface area contributed by atoms with Gasteiger partial charge in [-0.1, -0.05) is 47.1 Å². The van der Waals surface area contributed by atoms with E-state index in [0.29, 0.717) is 34.4 Å². The number of aromatic nitrogens is 2. The first-order chi connectivity index (χ1) is 15.6. The summed E-state index contributed by atoms with van der Waals surface area (Å²) in [5.41, 5.74) is 3.09. The monoisotopic (exact) mass is 490 g/mol. The summed E-state index contributed by atoms with van der Waals surface area (Å²) in [5, 5.41) is 4.50. The summed E-state index contributed by atoms with van der Waals surface area (Å²) in [7, 11) is -1.89. The van der Waals surface area contributed by atoms with Gasteiger partial charge < -0.3 is 9.42 Å². The van der Waals surface area contributed by atoms with Crippen molar-refractivity contribution in [3.05, 3.63) is 64.5 Å². The minimum absolute atomic E-state index is 0.151. The summed E-state index contributed by atoms with van der Waals surface area (Å²) in [6, 6.07) is 12.8. The molecule has 0 unspecified atom stereocenters. The Morgan fingerprint density at radius 1 is 1.12 bits per heavy atom. The van der Waals surface area contributed by atoms with Crippen LogP contribution < -0.4 is 4.31 Å². The topological polar surface area (TPSA) is 96.6 Å². The van der Waals surface area contributed by atoms with Crippen LogP contribution in [0.5, 0.6) is 0 Å². The van der Waals surface area contributed by atoms with E-state index in [1.54, 1.807) is 32.2 Å². The van der Waals surface area contributed by atoms with Crippen molar-refractivity contribution >= 4 is 33.2 Å². The van der Waals surface area contributed by atoms with Crippen LogP contribution in [-0.2, 0) is 21.4 Å². The first-order valence-electron chi connectivity index (χ1n) is 10.4. The Bertz CT molecular complexity index is 1240. The molecule has 33 heavy (non-hydrogen) atoms.